The molecule has 0 amide bonds. The van der Waals surface area contributed by atoms with Crippen LogP contribution in [0, 0.1) is 11.3 Å². The minimum absolute atomic E-state index is 0.458. The molecule has 1 aliphatic heterocycles. The summed E-state index contributed by atoms with van der Waals surface area (Å²) in [4.78, 5) is 1.05. The van der Waals surface area contributed by atoms with Crippen molar-refractivity contribution >= 4 is 26.4 Å². The molecule has 0 radical (unpaired) electrons. The summed E-state index contributed by atoms with van der Waals surface area (Å²) in [7, 11) is -3.39. The zero-order valence-electron chi connectivity index (χ0n) is 10.3. The Balaban J connectivity index is 2.41. The molecule has 0 aliphatic carbocycles. The van der Waals surface area contributed by atoms with Gasteiger partial charge in [-0.1, -0.05) is 0 Å². The van der Waals surface area contributed by atoms with E-state index in [9.17, 15) is 13.7 Å². The molecular formula is C11H15N3O2S2. The van der Waals surface area contributed by atoms with Gasteiger partial charge in [0.05, 0.1) is 10.8 Å². The molecule has 0 unspecified atom stereocenters. The fourth-order valence-electron chi connectivity index (χ4n) is 1.77. The monoisotopic (exact) mass is 285 g/mol. The molecule has 1 aliphatic rings. The van der Waals surface area contributed by atoms with E-state index < -0.39 is 15.3 Å². The first-order chi connectivity index (χ1) is 8.45. The van der Waals surface area contributed by atoms with E-state index in [4.69, 9.17) is 0 Å². The lowest BCUT2D eigenvalue weighted by Gasteiger charge is -2.11. The normalized spacial score (nSPS) is 15.2. The first kappa shape index (κ1) is 13.3. The molecule has 7 heteroatoms. The Morgan fingerprint density at radius 1 is 1.50 bits per heavy atom. The highest BCUT2D eigenvalue weighted by Gasteiger charge is 2.24. The Bertz CT molecular complexity index is 597. The molecule has 5 nitrogen and oxygen atoms in total. The molecule has 0 saturated heterocycles. The van der Waals surface area contributed by atoms with Crippen LogP contribution in [-0.2, 0) is 23.0 Å². The van der Waals surface area contributed by atoms with Crippen molar-refractivity contribution in [3.8, 4) is 6.07 Å². The first-order valence-corrected chi connectivity index (χ1v) is 8.09. The Hall–Kier alpha value is -1.10. The van der Waals surface area contributed by atoms with E-state index in [1.807, 2.05) is 0 Å². The van der Waals surface area contributed by atoms with Crippen LogP contribution < -0.4 is 10.0 Å². The molecule has 2 rings (SSSR count). The van der Waals surface area contributed by atoms with Crippen LogP contribution in [0.4, 0.5) is 5.00 Å². The number of thiophene rings is 1. The molecule has 0 atom stereocenters. The van der Waals surface area contributed by atoms with Crippen molar-refractivity contribution < 1.29 is 8.42 Å². The SMILES string of the molecule is CC(C)S(=O)(=O)Nc1sc2c(c1C#N)CCNC2. The van der Waals surface area contributed by atoms with E-state index in [1.165, 1.54) is 11.3 Å². The topological polar surface area (TPSA) is 82.0 Å². The van der Waals surface area contributed by atoms with Crippen molar-refractivity contribution in [2.24, 2.45) is 0 Å². The Morgan fingerprint density at radius 2 is 2.22 bits per heavy atom. The van der Waals surface area contributed by atoms with Gasteiger partial charge in [-0.15, -0.1) is 11.3 Å². The van der Waals surface area contributed by atoms with Crippen LogP contribution in [0.15, 0.2) is 0 Å². The van der Waals surface area contributed by atoms with Gasteiger partial charge in [-0.3, -0.25) is 4.72 Å². The van der Waals surface area contributed by atoms with E-state index in [0.717, 1.165) is 23.4 Å². The van der Waals surface area contributed by atoms with Gasteiger partial charge in [0.1, 0.15) is 11.1 Å². The third-order valence-electron chi connectivity index (χ3n) is 2.90. The second kappa shape index (κ2) is 4.88. The number of sulfonamides is 1. The predicted octanol–water partition coefficient (Wildman–Crippen LogP) is 1.42. The molecule has 2 heterocycles. The highest BCUT2D eigenvalue weighted by molar-refractivity contribution is 7.93. The Kier molecular flexibility index (Phi) is 3.61. The molecule has 1 aromatic rings. The van der Waals surface area contributed by atoms with Crippen LogP contribution in [-0.4, -0.2) is 20.2 Å². The van der Waals surface area contributed by atoms with Crippen molar-refractivity contribution in [1.82, 2.24) is 5.32 Å². The summed E-state index contributed by atoms with van der Waals surface area (Å²) in [6, 6.07) is 2.12. The van der Waals surface area contributed by atoms with Crippen molar-refractivity contribution in [1.29, 1.82) is 5.26 Å². The second-order valence-corrected chi connectivity index (χ2v) is 7.78. The van der Waals surface area contributed by atoms with Crippen LogP contribution in [0.1, 0.15) is 29.9 Å². The fraction of sp³-hybridized carbons (Fsp3) is 0.545. The molecule has 0 bridgehead atoms. The highest BCUT2D eigenvalue weighted by atomic mass is 32.2. The van der Waals surface area contributed by atoms with E-state index in [0.29, 0.717) is 17.1 Å². The first-order valence-electron chi connectivity index (χ1n) is 5.72. The number of nitrogens with one attached hydrogen (secondary N) is 2. The molecule has 98 valence electrons. The average molecular weight is 285 g/mol. The van der Waals surface area contributed by atoms with E-state index in [1.54, 1.807) is 13.8 Å². The number of anilines is 1. The standard InChI is InChI=1S/C11H15N3O2S2/c1-7(2)18(15,16)14-11-9(5-12)8-3-4-13-6-10(8)17-11/h7,13-14H,3-4,6H2,1-2H3. The summed E-state index contributed by atoms with van der Waals surface area (Å²) < 4.78 is 26.2. The zero-order valence-corrected chi connectivity index (χ0v) is 11.9. The Labute approximate surface area is 111 Å². The number of nitrogens with zero attached hydrogens (tertiary/aromatic N) is 1. The van der Waals surface area contributed by atoms with Crippen LogP contribution >= 0.6 is 11.3 Å². The van der Waals surface area contributed by atoms with Crippen molar-refractivity contribution in [3.63, 3.8) is 0 Å². The Morgan fingerprint density at radius 3 is 2.83 bits per heavy atom. The summed E-state index contributed by atoms with van der Waals surface area (Å²) >= 11 is 1.36. The van der Waals surface area contributed by atoms with Crippen LogP contribution in [0.2, 0.25) is 0 Å². The van der Waals surface area contributed by atoms with Crippen molar-refractivity contribution in [2.45, 2.75) is 32.1 Å². The predicted molar refractivity (Wildman–Crippen MR) is 72.1 cm³/mol. The van der Waals surface area contributed by atoms with Gasteiger partial charge in [-0.25, -0.2) is 8.42 Å². The van der Waals surface area contributed by atoms with Crippen molar-refractivity contribution in [2.75, 3.05) is 11.3 Å². The van der Waals surface area contributed by atoms with Gasteiger partial charge in [0.25, 0.3) is 0 Å². The summed E-state index contributed by atoms with van der Waals surface area (Å²) in [5.41, 5.74) is 1.48. The lowest BCUT2D eigenvalue weighted by molar-refractivity contribution is 0.593. The lowest BCUT2D eigenvalue weighted by atomic mass is 10.1. The van der Waals surface area contributed by atoms with E-state index >= 15 is 0 Å². The summed E-state index contributed by atoms with van der Waals surface area (Å²) in [5.74, 6) is 0. The average Bonchev–Trinajstić information content (AvgIpc) is 2.64. The molecule has 2 N–H and O–H groups in total. The third-order valence-corrected chi connectivity index (χ3v) is 5.90. The minimum atomic E-state index is -3.39. The van der Waals surface area contributed by atoms with Crippen molar-refractivity contribution in [3.05, 3.63) is 16.0 Å². The van der Waals surface area contributed by atoms with Gasteiger partial charge in [0.15, 0.2) is 0 Å². The lowest BCUT2D eigenvalue weighted by Crippen LogP contribution is -2.23. The van der Waals surface area contributed by atoms with Crippen LogP contribution in [0.25, 0.3) is 0 Å². The number of nitriles is 1. The van der Waals surface area contributed by atoms with Gasteiger partial charge in [0, 0.05) is 11.4 Å². The van der Waals surface area contributed by atoms with Gasteiger partial charge in [-0.05, 0) is 32.4 Å². The summed E-state index contributed by atoms with van der Waals surface area (Å²) in [6.07, 6.45) is 0.776. The summed E-state index contributed by atoms with van der Waals surface area (Å²) in [6.45, 7) is 4.76. The highest BCUT2D eigenvalue weighted by Crippen LogP contribution is 2.35. The number of fused-ring (bicyclic) bond motifs is 1. The maximum atomic E-state index is 11.9. The molecule has 0 spiro atoms. The van der Waals surface area contributed by atoms with Crippen LogP contribution in [0.3, 0.4) is 0 Å². The maximum Gasteiger partial charge on any atom is 0.235 e. The fourth-order valence-corrected chi connectivity index (χ4v) is 3.90. The number of hydrogen-bond donors (Lipinski definition) is 2. The smallest absolute Gasteiger partial charge is 0.235 e. The van der Waals surface area contributed by atoms with Gasteiger partial charge in [-0.2, -0.15) is 5.26 Å². The van der Waals surface area contributed by atoms with E-state index in [2.05, 4.69) is 16.1 Å². The second-order valence-electron chi connectivity index (χ2n) is 4.44. The molecule has 18 heavy (non-hydrogen) atoms. The van der Waals surface area contributed by atoms with Gasteiger partial charge in [0.2, 0.25) is 10.0 Å². The largest absolute Gasteiger partial charge is 0.312 e. The third kappa shape index (κ3) is 2.36. The molecule has 0 aromatic carbocycles. The van der Waals surface area contributed by atoms with E-state index in [-0.39, 0.29) is 0 Å². The molecular weight excluding hydrogens is 270 g/mol. The molecule has 0 saturated carbocycles. The van der Waals surface area contributed by atoms with Crippen LogP contribution in [0.5, 0.6) is 0 Å². The number of hydrogen-bond acceptors (Lipinski definition) is 5. The number of rotatable bonds is 3. The van der Waals surface area contributed by atoms with Gasteiger partial charge < -0.3 is 5.32 Å². The maximum absolute atomic E-state index is 11.9. The summed E-state index contributed by atoms with van der Waals surface area (Å²) in [5, 5.41) is 12.4. The quantitative estimate of drug-likeness (QED) is 0.880. The molecule has 1 aromatic heterocycles. The van der Waals surface area contributed by atoms with Gasteiger partial charge >= 0.3 is 0 Å². The zero-order chi connectivity index (χ0) is 13.3. The molecule has 0 fully saturated rings. The minimum Gasteiger partial charge on any atom is -0.312 e.